The Morgan fingerprint density at radius 3 is 2.65 bits per heavy atom. The Hall–Kier alpha value is -1.60. The molecule has 1 aliphatic rings. The first-order valence-electron chi connectivity index (χ1n) is 5.98. The molecule has 4 nitrogen and oxygen atoms in total. The summed E-state index contributed by atoms with van der Waals surface area (Å²) >= 11 is 0. The summed E-state index contributed by atoms with van der Waals surface area (Å²) in [6.07, 6.45) is 3.99. The number of nitriles is 1. The smallest absolute Gasteiger partial charge is 0.128 e. The van der Waals surface area contributed by atoms with Gasteiger partial charge in [-0.05, 0) is 45.1 Å². The van der Waals surface area contributed by atoms with Crippen molar-refractivity contribution in [2.24, 2.45) is 0 Å². The van der Waals surface area contributed by atoms with Crippen molar-refractivity contribution in [3.05, 3.63) is 23.9 Å². The van der Waals surface area contributed by atoms with Crippen molar-refractivity contribution >= 4 is 5.82 Å². The zero-order chi connectivity index (χ0) is 12.3. The van der Waals surface area contributed by atoms with E-state index in [4.69, 9.17) is 5.26 Å². The van der Waals surface area contributed by atoms with Crippen molar-refractivity contribution in [2.75, 3.05) is 32.1 Å². The van der Waals surface area contributed by atoms with Crippen LogP contribution in [-0.4, -0.2) is 43.1 Å². The molecule has 4 heteroatoms. The van der Waals surface area contributed by atoms with Gasteiger partial charge in [-0.1, -0.05) is 0 Å². The highest BCUT2D eigenvalue weighted by Gasteiger charge is 2.21. The fraction of sp³-hybridized carbons (Fsp3) is 0.538. The Balaban J connectivity index is 2.03. The van der Waals surface area contributed by atoms with Gasteiger partial charge in [0.2, 0.25) is 0 Å². The van der Waals surface area contributed by atoms with Crippen LogP contribution in [0.2, 0.25) is 0 Å². The number of hydrogen-bond donors (Lipinski definition) is 0. The number of pyridine rings is 1. The van der Waals surface area contributed by atoms with Gasteiger partial charge < -0.3 is 9.80 Å². The van der Waals surface area contributed by atoms with E-state index in [0.717, 1.165) is 18.9 Å². The molecule has 0 aromatic carbocycles. The van der Waals surface area contributed by atoms with Crippen LogP contribution in [0.25, 0.3) is 0 Å². The standard InChI is InChI=1S/C13H18N4/c1-16-7-5-12(6-8-16)17(2)13-4-3-11(9-14)10-15-13/h3-4,10,12H,5-8H2,1-2H3. The second-order valence-corrected chi connectivity index (χ2v) is 4.66. The quantitative estimate of drug-likeness (QED) is 0.772. The summed E-state index contributed by atoms with van der Waals surface area (Å²) in [7, 11) is 4.25. The van der Waals surface area contributed by atoms with Crippen molar-refractivity contribution < 1.29 is 0 Å². The van der Waals surface area contributed by atoms with E-state index in [1.54, 1.807) is 6.20 Å². The van der Waals surface area contributed by atoms with Crippen LogP contribution in [0.3, 0.4) is 0 Å². The number of nitrogens with zero attached hydrogens (tertiary/aromatic N) is 4. The van der Waals surface area contributed by atoms with Crippen molar-refractivity contribution in [1.29, 1.82) is 5.26 Å². The van der Waals surface area contributed by atoms with Crippen LogP contribution in [0.1, 0.15) is 18.4 Å². The van der Waals surface area contributed by atoms with Crippen LogP contribution in [0.4, 0.5) is 5.82 Å². The maximum Gasteiger partial charge on any atom is 0.128 e. The van der Waals surface area contributed by atoms with E-state index >= 15 is 0 Å². The average Bonchev–Trinajstić information content (AvgIpc) is 2.39. The molecule has 0 spiro atoms. The largest absolute Gasteiger partial charge is 0.357 e. The van der Waals surface area contributed by atoms with E-state index in [-0.39, 0.29) is 0 Å². The molecule has 0 aliphatic carbocycles. The molecule has 1 saturated heterocycles. The molecule has 2 heterocycles. The topological polar surface area (TPSA) is 43.2 Å². The highest BCUT2D eigenvalue weighted by molar-refractivity contribution is 5.42. The Kier molecular flexibility index (Phi) is 3.60. The average molecular weight is 230 g/mol. The molecule has 0 bridgehead atoms. The molecule has 0 amide bonds. The second kappa shape index (κ2) is 5.15. The second-order valence-electron chi connectivity index (χ2n) is 4.66. The normalized spacial score (nSPS) is 17.7. The van der Waals surface area contributed by atoms with E-state index in [2.05, 4.69) is 34.9 Å². The molecule has 0 radical (unpaired) electrons. The zero-order valence-corrected chi connectivity index (χ0v) is 10.4. The SMILES string of the molecule is CN1CCC(N(C)c2ccc(C#N)cn2)CC1. The summed E-state index contributed by atoms with van der Waals surface area (Å²) in [6, 6.07) is 6.41. The first kappa shape index (κ1) is 11.9. The summed E-state index contributed by atoms with van der Waals surface area (Å²) in [5.74, 6) is 0.957. The first-order valence-corrected chi connectivity index (χ1v) is 5.98. The number of likely N-dealkylation sites (tertiary alicyclic amines) is 1. The molecule has 1 aliphatic heterocycles. The molecule has 1 aromatic rings. The van der Waals surface area contributed by atoms with Gasteiger partial charge >= 0.3 is 0 Å². The van der Waals surface area contributed by atoms with Gasteiger partial charge in [0, 0.05) is 19.3 Å². The molecule has 0 N–H and O–H groups in total. The lowest BCUT2D eigenvalue weighted by Gasteiger charge is -2.35. The van der Waals surface area contributed by atoms with Gasteiger partial charge in [0.25, 0.3) is 0 Å². The molecule has 0 unspecified atom stereocenters. The van der Waals surface area contributed by atoms with E-state index in [9.17, 15) is 0 Å². The van der Waals surface area contributed by atoms with Gasteiger partial charge in [-0.15, -0.1) is 0 Å². The summed E-state index contributed by atoms with van der Waals surface area (Å²) in [4.78, 5) is 8.92. The van der Waals surface area contributed by atoms with Gasteiger partial charge in [0.1, 0.15) is 11.9 Å². The lowest BCUT2D eigenvalue weighted by molar-refractivity contribution is 0.252. The van der Waals surface area contributed by atoms with Crippen LogP contribution < -0.4 is 4.90 Å². The molecule has 17 heavy (non-hydrogen) atoms. The minimum absolute atomic E-state index is 0.562. The van der Waals surface area contributed by atoms with Gasteiger partial charge in [-0.3, -0.25) is 0 Å². The Bertz CT molecular complexity index is 398. The lowest BCUT2D eigenvalue weighted by atomic mass is 10.0. The number of anilines is 1. The van der Waals surface area contributed by atoms with E-state index in [1.807, 2.05) is 12.1 Å². The van der Waals surface area contributed by atoms with Gasteiger partial charge in [0.15, 0.2) is 0 Å². The van der Waals surface area contributed by atoms with Crippen LogP contribution in [0.5, 0.6) is 0 Å². The van der Waals surface area contributed by atoms with Crippen molar-refractivity contribution in [2.45, 2.75) is 18.9 Å². The highest BCUT2D eigenvalue weighted by atomic mass is 15.2. The molecule has 1 aromatic heterocycles. The number of piperidine rings is 1. The zero-order valence-electron chi connectivity index (χ0n) is 10.4. The third-order valence-corrected chi connectivity index (χ3v) is 3.47. The molecule has 0 saturated carbocycles. The Morgan fingerprint density at radius 1 is 1.41 bits per heavy atom. The highest BCUT2D eigenvalue weighted by Crippen LogP contribution is 2.19. The maximum atomic E-state index is 8.74. The lowest BCUT2D eigenvalue weighted by Crippen LogP contribution is -2.42. The predicted molar refractivity (Wildman–Crippen MR) is 67.9 cm³/mol. The number of rotatable bonds is 2. The maximum absolute atomic E-state index is 8.74. The minimum Gasteiger partial charge on any atom is -0.357 e. The molecular weight excluding hydrogens is 212 g/mol. The fourth-order valence-corrected chi connectivity index (χ4v) is 2.23. The minimum atomic E-state index is 0.562. The Morgan fingerprint density at radius 2 is 2.12 bits per heavy atom. The summed E-state index contributed by atoms with van der Waals surface area (Å²) in [5.41, 5.74) is 0.616. The van der Waals surface area contributed by atoms with Crippen LogP contribution in [0, 0.1) is 11.3 Å². The predicted octanol–water partition coefficient (Wildman–Crippen LogP) is 1.48. The molecule has 2 rings (SSSR count). The van der Waals surface area contributed by atoms with Crippen molar-refractivity contribution in [1.82, 2.24) is 9.88 Å². The van der Waals surface area contributed by atoms with Crippen LogP contribution in [0.15, 0.2) is 18.3 Å². The third-order valence-electron chi connectivity index (χ3n) is 3.47. The number of hydrogen-bond acceptors (Lipinski definition) is 4. The fourth-order valence-electron chi connectivity index (χ4n) is 2.23. The van der Waals surface area contributed by atoms with Crippen molar-refractivity contribution in [3.8, 4) is 6.07 Å². The molecule has 1 fully saturated rings. The molecular formula is C13H18N4. The summed E-state index contributed by atoms with van der Waals surface area (Å²) < 4.78 is 0. The van der Waals surface area contributed by atoms with E-state index in [0.29, 0.717) is 11.6 Å². The van der Waals surface area contributed by atoms with Crippen LogP contribution >= 0.6 is 0 Å². The molecule has 0 atom stereocenters. The van der Waals surface area contributed by atoms with E-state index < -0.39 is 0 Å². The molecule has 90 valence electrons. The van der Waals surface area contributed by atoms with Crippen LogP contribution in [-0.2, 0) is 0 Å². The van der Waals surface area contributed by atoms with Gasteiger partial charge in [-0.25, -0.2) is 4.98 Å². The summed E-state index contributed by atoms with van der Waals surface area (Å²) in [5, 5.41) is 8.74. The Labute approximate surface area is 102 Å². The number of aromatic nitrogens is 1. The van der Waals surface area contributed by atoms with Crippen molar-refractivity contribution in [3.63, 3.8) is 0 Å². The first-order chi connectivity index (χ1) is 8.20. The van der Waals surface area contributed by atoms with Gasteiger partial charge in [-0.2, -0.15) is 5.26 Å². The third kappa shape index (κ3) is 2.75. The van der Waals surface area contributed by atoms with Gasteiger partial charge in [0.05, 0.1) is 5.56 Å². The summed E-state index contributed by atoms with van der Waals surface area (Å²) in [6.45, 7) is 2.29. The van der Waals surface area contributed by atoms with E-state index in [1.165, 1.54) is 12.8 Å². The monoisotopic (exact) mass is 230 g/mol.